The predicted octanol–water partition coefficient (Wildman–Crippen LogP) is 2.89. The molecule has 0 spiro atoms. The molecule has 0 aromatic heterocycles. The average Bonchev–Trinajstić information content (AvgIpc) is 2.64. The average molecular weight is 274 g/mol. The summed E-state index contributed by atoms with van der Waals surface area (Å²) in [5.74, 6) is 0.826. The maximum atomic E-state index is 12.1. The van der Waals surface area contributed by atoms with Gasteiger partial charge >= 0.3 is 0 Å². The number of hydrogen-bond acceptors (Lipinski definition) is 2. The summed E-state index contributed by atoms with van der Waals surface area (Å²) in [6.45, 7) is 8.55. The molecule has 1 aliphatic rings. The zero-order valence-corrected chi connectivity index (χ0v) is 13.0. The molecule has 1 amide bonds. The van der Waals surface area contributed by atoms with Gasteiger partial charge in [0.1, 0.15) is 0 Å². The third-order valence-corrected chi connectivity index (χ3v) is 3.93. The van der Waals surface area contributed by atoms with Crippen LogP contribution in [0.3, 0.4) is 0 Å². The molecular weight excluding hydrogens is 248 g/mol. The van der Waals surface area contributed by atoms with Crippen molar-refractivity contribution in [2.75, 3.05) is 0 Å². The van der Waals surface area contributed by atoms with Gasteiger partial charge in [-0.05, 0) is 37.3 Å². The molecule has 110 valence electrons. The van der Waals surface area contributed by atoms with Crippen LogP contribution < -0.4 is 5.73 Å². The molecular formula is C17H26N2O. The van der Waals surface area contributed by atoms with Gasteiger partial charge in [0.2, 0.25) is 5.91 Å². The summed E-state index contributed by atoms with van der Waals surface area (Å²) in [5.41, 5.74) is 8.69. The molecule has 2 rings (SSSR count). The van der Waals surface area contributed by atoms with E-state index in [-0.39, 0.29) is 24.0 Å². The molecule has 1 saturated heterocycles. The largest absolute Gasteiger partial charge is 0.332 e. The molecule has 0 radical (unpaired) electrons. The Morgan fingerprint density at radius 3 is 2.30 bits per heavy atom. The van der Waals surface area contributed by atoms with Crippen molar-refractivity contribution in [3.8, 4) is 0 Å². The van der Waals surface area contributed by atoms with Crippen LogP contribution in [0.4, 0.5) is 0 Å². The van der Waals surface area contributed by atoms with E-state index >= 15 is 0 Å². The van der Waals surface area contributed by atoms with Gasteiger partial charge < -0.3 is 10.6 Å². The van der Waals surface area contributed by atoms with Gasteiger partial charge in [-0.15, -0.1) is 0 Å². The van der Waals surface area contributed by atoms with Crippen molar-refractivity contribution >= 4 is 5.91 Å². The molecule has 1 aromatic carbocycles. The molecule has 1 heterocycles. The number of carbonyl (C=O) groups is 1. The molecule has 2 N–H and O–H groups in total. The van der Waals surface area contributed by atoms with Crippen molar-refractivity contribution in [3.63, 3.8) is 0 Å². The van der Waals surface area contributed by atoms with E-state index in [9.17, 15) is 4.79 Å². The molecule has 2 atom stereocenters. The number of amides is 1. The van der Waals surface area contributed by atoms with Crippen molar-refractivity contribution < 1.29 is 4.79 Å². The van der Waals surface area contributed by atoms with E-state index in [4.69, 9.17) is 5.73 Å². The molecule has 0 aliphatic carbocycles. The number of rotatable bonds is 4. The summed E-state index contributed by atoms with van der Waals surface area (Å²) in [4.78, 5) is 14.0. The minimum atomic E-state index is -0.0964. The highest BCUT2D eigenvalue weighted by Gasteiger charge is 2.39. The van der Waals surface area contributed by atoms with Crippen LogP contribution in [0.15, 0.2) is 24.3 Å². The van der Waals surface area contributed by atoms with Crippen LogP contribution in [0.5, 0.6) is 0 Å². The van der Waals surface area contributed by atoms with Gasteiger partial charge in [-0.3, -0.25) is 4.79 Å². The summed E-state index contributed by atoms with van der Waals surface area (Å²) >= 11 is 0. The van der Waals surface area contributed by atoms with Crippen LogP contribution in [0, 0.1) is 5.92 Å². The minimum absolute atomic E-state index is 0.0237. The third kappa shape index (κ3) is 3.04. The quantitative estimate of drug-likeness (QED) is 0.917. The smallest absolute Gasteiger partial charge is 0.225 e. The summed E-state index contributed by atoms with van der Waals surface area (Å²) in [6, 6.07) is 8.73. The first-order valence-electron chi connectivity index (χ1n) is 7.55. The fraction of sp³-hybridized carbons (Fsp3) is 0.588. The molecule has 3 nitrogen and oxygen atoms in total. The summed E-state index contributed by atoms with van der Waals surface area (Å²) in [7, 11) is 0. The number of likely N-dealkylation sites (tertiary alicyclic amines) is 1. The Morgan fingerprint density at radius 2 is 1.80 bits per heavy atom. The van der Waals surface area contributed by atoms with E-state index in [0.717, 1.165) is 12.0 Å². The lowest BCUT2D eigenvalue weighted by molar-refractivity contribution is -0.130. The maximum absolute atomic E-state index is 12.1. The standard InChI is InChI=1S/C17H26N2O/c1-11(2)9-13-5-7-14(8-6-13)17-15(18)10-16(20)19(17)12(3)4/h5-8,11-12,15,17H,9-10,18H2,1-4H3. The maximum Gasteiger partial charge on any atom is 0.225 e. The van der Waals surface area contributed by atoms with Gasteiger partial charge in [0.25, 0.3) is 0 Å². The Labute approximate surface area is 122 Å². The Kier molecular flexibility index (Phi) is 4.48. The lowest BCUT2D eigenvalue weighted by Gasteiger charge is -2.30. The summed E-state index contributed by atoms with van der Waals surface area (Å²) < 4.78 is 0. The van der Waals surface area contributed by atoms with Crippen molar-refractivity contribution in [1.82, 2.24) is 4.90 Å². The van der Waals surface area contributed by atoms with Crippen LogP contribution in [0.2, 0.25) is 0 Å². The highest BCUT2D eigenvalue weighted by atomic mass is 16.2. The molecule has 20 heavy (non-hydrogen) atoms. The van der Waals surface area contributed by atoms with Gasteiger partial charge in [-0.25, -0.2) is 0 Å². The lowest BCUT2D eigenvalue weighted by atomic mass is 9.96. The highest BCUT2D eigenvalue weighted by Crippen LogP contribution is 2.33. The summed E-state index contributed by atoms with van der Waals surface area (Å²) in [5, 5.41) is 0. The van der Waals surface area contributed by atoms with E-state index in [0.29, 0.717) is 12.3 Å². The van der Waals surface area contributed by atoms with E-state index in [2.05, 4.69) is 52.0 Å². The monoisotopic (exact) mass is 274 g/mol. The van der Waals surface area contributed by atoms with Crippen molar-refractivity contribution in [1.29, 1.82) is 0 Å². The molecule has 1 aromatic rings. The third-order valence-electron chi connectivity index (χ3n) is 3.93. The number of hydrogen-bond donors (Lipinski definition) is 1. The van der Waals surface area contributed by atoms with Gasteiger partial charge in [0.15, 0.2) is 0 Å². The zero-order valence-electron chi connectivity index (χ0n) is 13.0. The normalized spacial score (nSPS) is 23.1. The first kappa shape index (κ1) is 15.0. The van der Waals surface area contributed by atoms with E-state index in [1.807, 2.05) is 4.90 Å². The van der Waals surface area contributed by atoms with E-state index < -0.39 is 0 Å². The predicted molar refractivity (Wildman–Crippen MR) is 82.3 cm³/mol. The number of nitrogens with zero attached hydrogens (tertiary/aromatic N) is 1. The second kappa shape index (κ2) is 5.96. The number of benzene rings is 1. The first-order valence-corrected chi connectivity index (χ1v) is 7.55. The van der Waals surface area contributed by atoms with E-state index in [1.54, 1.807) is 0 Å². The molecule has 0 bridgehead atoms. The fourth-order valence-corrected chi connectivity index (χ4v) is 3.12. The van der Waals surface area contributed by atoms with Crippen molar-refractivity contribution in [2.45, 2.75) is 58.7 Å². The van der Waals surface area contributed by atoms with Crippen LogP contribution in [0.1, 0.15) is 51.3 Å². The first-order chi connectivity index (χ1) is 9.40. The van der Waals surface area contributed by atoms with Crippen LogP contribution in [-0.4, -0.2) is 22.9 Å². The lowest BCUT2D eigenvalue weighted by Crippen LogP contribution is -2.37. The molecule has 1 fully saturated rings. The van der Waals surface area contributed by atoms with Crippen LogP contribution in [-0.2, 0) is 11.2 Å². The molecule has 2 unspecified atom stereocenters. The molecule has 1 aliphatic heterocycles. The van der Waals surface area contributed by atoms with Gasteiger partial charge in [-0.1, -0.05) is 38.1 Å². The topological polar surface area (TPSA) is 46.3 Å². The van der Waals surface area contributed by atoms with Gasteiger partial charge in [-0.2, -0.15) is 0 Å². The second-order valence-corrected chi connectivity index (χ2v) is 6.55. The summed E-state index contributed by atoms with van der Waals surface area (Å²) in [6.07, 6.45) is 1.54. The second-order valence-electron chi connectivity index (χ2n) is 6.55. The number of carbonyl (C=O) groups excluding carboxylic acids is 1. The molecule has 0 saturated carbocycles. The fourth-order valence-electron chi connectivity index (χ4n) is 3.12. The number of nitrogens with two attached hydrogens (primary N) is 1. The van der Waals surface area contributed by atoms with E-state index in [1.165, 1.54) is 5.56 Å². The van der Waals surface area contributed by atoms with Crippen LogP contribution >= 0.6 is 0 Å². The van der Waals surface area contributed by atoms with Crippen molar-refractivity contribution in [2.24, 2.45) is 11.7 Å². The SMILES string of the molecule is CC(C)Cc1ccc(C2C(N)CC(=O)N2C(C)C)cc1. The van der Waals surface area contributed by atoms with Crippen molar-refractivity contribution in [3.05, 3.63) is 35.4 Å². The highest BCUT2D eigenvalue weighted by molar-refractivity contribution is 5.80. The van der Waals surface area contributed by atoms with Gasteiger partial charge in [0.05, 0.1) is 6.04 Å². The minimum Gasteiger partial charge on any atom is -0.332 e. The zero-order chi connectivity index (χ0) is 14.9. The Balaban J connectivity index is 2.23. The van der Waals surface area contributed by atoms with Gasteiger partial charge in [0, 0.05) is 18.5 Å². The Bertz CT molecular complexity index is 464. The Hall–Kier alpha value is -1.35. The molecule has 3 heteroatoms. The Morgan fingerprint density at radius 1 is 1.20 bits per heavy atom. The van der Waals surface area contributed by atoms with Crippen LogP contribution in [0.25, 0.3) is 0 Å².